The molecule has 2 atom stereocenters. The minimum Gasteiger partial charge on any atom is -0.302 e. The highest BCUT2D eigenvalue weighted by Crippen LogP contribution is 2.36. The molecule has 0 radical (unpaired) electrons. The number of benzene rings is 2. The van der Waals surface area contributed by atoms with Crippen LogP contribution < -0.4 is 5.43 Å². The Morgan fingerprint density at radius 2 is 1.33 bits per heavy atom. The number of nitrogens with zero attached hydrogens (tertiary/aromatic N) is 7. The highest BCUT2D eigenvalue weighted by atomic mass is 35.5. The maximum Gasteiger partial charge on any atom is 0.437 e. The molecule has 0 aliphatic heterocycles. The van der Waals surface area contributed by atoms with E-state index in [1.807, 2.05) is 0 Å². The van der Waals surface area contributed by atoms with Crippen molar-refractivity contribution in [3.63, 3.8) is 0 Å². The van der Waals surface area contributed by atoms with Gasteiger partial charge in [-0.15, -0.1) is 0 Å². The lowest BCUT2D eigenvalue weighted by Gasteiger charge is -2.16. The fraction of sp³-hybridized carbons (Fsp3) is 0.214. The lowest BCUT2D eigenvalue weighted by molar-refractivity contribution is -0.140. The molecule has 260 valence electrons. The second-order valence-corrected chi connectivity index (χ2v) is 12.6. The van der Waals surface area contributed by atoms with Gasteiger partial charge in [0.25, 0.3) is 0 Å². The molecule has 3 heterocycles. The molecule has 8 nitrogen and oxygen atoms in total. The van der Waals surface area contributed by atoms with E-state index in [1.54, 1.807) is 38.1 Å². The van der Waals surface area contributed by atoms with Crippen LogP contribution in [0.3, 0.4) is 0 Å². The summed E-state index contributed by atoms with van der Waals surface area (Å²) in [5.74, 6) is 0. The third kappa shape index (κ3) is 9.48. The van der Waals surface area contributed by atoms with Crippen LogP contribution in [-0.2, 0) is 6.18 Å². The Morgan fingerprint density at radius 1 is 0.776 bits per heavy atom. The van der Waals surface area contributed by atoms with Crippen LogP contribution in [0.5, 0.6) is 0 Å². The summed E-state index contributed by atoms with van der Waals surface area (Å²) in [6.45, 7) is 3.23. The van der Waals surface area contributed by atoms with Crippen molar-refractivity contribution in [1.29, 1.82) is 0 Å². The average molecular weight is 828 g/mol. The van der Waals surface area contributed by atoms with E-state index in [2.05, 4.69) is 35.6 Å². The molecule has 0 fully saturated rings. The SMILES string of the molecule is C[C@@H](N/N=C(\c1ncc(Cl)nc1Cl)C(F)(F)F)c1ccc(Cl)cc1Cl.C[C@H](c1ccc(Cl)cc1Cl)n1nc(C(F)(F)F)c2ncc(Cl)nc21. The Bertz CT molecular complexity index is 2020. The van der Waals surface area contributed by atoms with Crippen molar-refractivity contribution in [2.45, 2.75) is 38.3 Å². The second kappa shape index (κ2) is 15.6. The van der Waals surface area contributed by atoms with E-state index in [-0.39, 0.29) is 21.5 Å². The van der Waals surface area contributed by atoms with Crippen LogP contribution in [0.25, 0.3) is 11.2 Å². The first kappa shape index (κ1) is 38.9. The number of aromatic nitrogens is 6. The predicted molar refractivity (Wildman–Crippen MR) is 178 cm³/mol. The van der Waals surface area contributed by atoms with E-state index < -0.39 is 46.7 Å². The van der Waals surface area contributed by atoms with E-state index in [0.29, 0.717) is 31.2 Å². The molecule has 0 unspecified atom stereocenters. The standard InChI is InChI=1S/C14H9Cl4F3N4.C14H8Cl3F3N4/c1-6(8-3-2-7(15)4-9(8)16)24-25-12(14(19,20)21)11-13(18)23-10(17)5-22-11;1-6(8-3-2-7(15)4-9(8)16)24-13-11(21-5-10(17)22-13)12(23-24)14(18,19)20/h2-6,24H,1H3;2-6H,1H3/b25-12+;/t2*6-/m11/s1. The number of halogens is 13. The Balaban J connectivity index is 0.000000221. The van der Waals surface area contributed by atoms with Gasteiger partial charge in [-0.25, -0.2) is 24.6 Å². The predicted octanol–water partition coefficient (Wildman–Crippen LogP) is 11.1. The van der Waals surface area contributed by atoms with Gasteiger partial charge in [0.1, 0.15) is 21.5 Å². The van der Waals surface area contributed by atoms with Gasteiger partial charge in [0, 0.05) is 20.1 Å². The number of nitrogens with one attached hydrogen (secondary N) is 1. The molecule has 1 N–H and O–H groups in total. The summed E-state index contributed by atoms with van der Waals surface area (Å²) in [6.07, 6.45) is -7.49. The van der Waals surface area contributed by atoms with Gasteiger partial charge in [0.2, 0.25) is 0 Å². The topological polar surface area (TPSA) is 93.8 Å². The number of alkyl halides is 6. The largest absolute Gasteiger partial charge is 0.437 e. The zero-order valence-corrected chi connectivity index (χ0v) is 29.6. The fourth-order valence-electron chi connectivity index (χ4n) is 4.16. The first-order chi connectivity index (χ1) is 22.8. The van der Waals surface area contributed by atoms with Crippen molar-refractivity contribution < 1.29 is 26.3 Å². The zero-order valence-electron chi connectivity index (χ0n) is 24.3. The van der Waals surface area contributed by atoms with Crippen molar-refractivity contribution in [2.24, 2.45) is 5.10 Å². The van der Waals surface area contributed by atoms with Crippen molar-refractivity contribution in [3.8, 4) is 0 Å². The molecule has 2 aromatic carbocycles. The number of rotatable bonds is 6. The minimum absolute atomic E-state index is 0.0354. The van der Waals surface area contributed by atoms with Gasteiger partial charge < -0.3 is 5.43 Å². The van der Waals surface area contributed by atoms with Crippen LogP contribution in [0.2, 0.25) is 35.5 Å². The first-order valence-electron chi connectivity index (χ1n) is 13.2. The summed E-state index contributed by atoms with van der Waals surface area (Å²) < 4.78 is 80.6. The third-order valence-electron chi connectivity index (χ3n) is 6.41. The van der Waals surface area contributed by atoms with Gasteiger partial charge in [0.15, 0.2) is 22.2 Å². The van der Waals surface area contributed by atoms with Crippen LogP contribution in [0.4, 0.5) is 26.3 Å². The number of hydrazone groups is 1. The molecule has 5 rings (SSSR count). The van der Waals surface area contributed by atoms with Crippen LogP contribution in [0.15, 0.2) is 53.9 Å². The molecule has 5 aromatic rings. The molecule has 0 amide bonds. The van der Waals surface area contributed by atoms with E-state index in [0.717, 1.165) is 17.1 Å². The van der Waals surface area contributed by atoms with Crippen molar-refractivity contribution >= 4 is 98.1 Å². The lowest BCUT2D eigenvalue weighted by atomic mass is 10.1. The van der Waals surface area contributed by atoms with Gasteiger partial charge >= 0.3 is 12.4 Å². The fourth-order valence-corrected chi connectivity index (χ4v) is 5.83. The summed E-state index contributed by atoms with van der Waals surface area (Å²) in [6, 6.07) is 8.07. The summed E-state index contributed by atoms with van der Waals surface area (Å²) in [7, 11) is 0. The van der Waals surface area contributed by atoms with Gasteiger partial charge in [-0.1, -0.05) is 93.3 Å². The normalized spacial score (nSPS) is 13.6. The molecule has 0 bridgehead atoms. The number of fused-ring (bicyclic) bond motifs is 1. The molecule has 49 heavy (non-hydrogen) atoms. The van der Waals surface area contributed by atoms with Crippen LogP contribution >= 0.6 is 81.2 Å². The molecule has 0 aliphatic carbocycles. The van der Waals surface area contributed by atoms with Gasteiger partial charge in [0.05, 0.1) is 24.5 Å². The Morgan fingerprint density at radius 3 is 1.86 bits per heavy atom. The van der Waals surface area contributed by atoms with Gasteiger partial charge in [-0.05, 0) is 49.2 Å². The zero-order chi connectivity index (χ0) is 36.4. The Kier molecular flexibility index (Phi) is 12.4. The van der Waals surface area contributed by atoms with E-state index in [9.17, 15) is 26.3 Å². The van der Waals surface area contributed by atoms with E-state index in [1.165, 1.54) is 12.1 Å². The maximum atomic E-state index is 13.3. The smallest absolute Gasteiger partial charge is 0.302 e. The molecule has 0 spiro atoms. The monoisotopic (exact) mass is 824 g/mol. The van der Waals surface area contributed by atoms with E-state index in [4.69, 9.17) is 81.2 Å². The van der Waals surface area contributed by atoms with Crippen molar-refractivity contribution in [2.75, 3.05) is 0 Å². The molecule has 3 aromatic heterocycles. The summed E-state index contributed by atoms with van der Waals surface area (Å²) in [4.78, 5) is 14.8. The molecule has 0 aliphatic rings. The average Bonchev–Trinajstić information content (AvgIpc) is 3.37. The molecular formula is C28H17Cl7F6N8. The second-order valence-electron chi connectivity index (χ2n) is 9.80. The minimum atomic E-state index is -4.82. The van der Waals surface area contributed by atoms with Gasteiger partial charge in [-0.2, -0.15) is 36.5 Å². The van der Waals surface area contributed by atoms with Crippen LogP contribution in [0, 0.1) is 0 Å². The third-order valence-corrected chi connectivity index (χ3v) is 8.17. The first-order valence-corrected chi connectivity index (χ1v) is 15.9. The highest BCUT2D eigenvalue weighted by molar-refractivity contribution is 6.36. The maximum absolute atomic E-state index is 13.3. The lowest BCUT2D eigenvalue weighted by Crippen LogP contribution is -2.29. The molecular weight excluding hydrogens is 811 g/mol. The van der Waals surface area contributed by atoms with Crippen molar-refractivity contribution in [3.05, 3.63) is 107 Å². The molecule has 21 heteroatoms. The van der Waals surface area contributed by atoms with Crippen LogP contribution in [-0.4, -0.2) is 41.6 Å². The summed E-state index contributed by atoms with van der Waals surface area (Å²) in [5, 5.41) is 7.81. The number of hydrogen-bond donors (Lipinski definition) is 1. The Labute approximate surface area is 308 Å². The van der Waals surface area contributed by atoms with E-state index >= 15 is 0 Å². The molecule has 0 saturated heterocycles. The molecule has 0 saturated carbocycles. The Hall–Kier alpha value is -2.85. The highest BCUT2D eigenvalue weighted by Gasteiger charge is 2.40. The van der Waals surface area contributed by atoms with Crippen LogP contribution in [0.1, 0.15) is 48.4 Å². The van der Waals surface area contributed by atoms with Gasteiger partial charge in [-0.3, -0.25) is 0 Å². The number of hydrogen-bond acceptors (Lipinski definition) is 7. The quantitative estimate of drug-likeness (QED) is 0.104. The van der Waals surface area contributed by atoms with Crippen molar-refractivity contribution in [1.82, 2.24) is 35.1 Å². The summed E-state index contributed by atoms with van der Waals surface area (Å²) in [5.41, 5.74) is -0.0985. The summed E-state index contributed by atoms with van der Waals surface area (Å²) >= 11 is 40.9.